The molecule has 0 aliphatic carbocycles. The van der Waals surface area contributed by atoms with Gasteiger partial charge in [-0.05, 0) is 36.2 Å². The Morgan fingerprint density at radius 1 is 1.19 bits per heavy atom. The second kappa shape index (κ2) is 6.83. The highest BCUT2D eigenvalue weighted by Crippen LogP contribution is 2.24. The molecule has 0 radical (unpaired) electrons. The smallest absolute Gasteiger partial charge is 0.269 e. The van der Waals surface area contributed by atoms with E-state index >= 15 is 0 Å². The zero-order valence-electron chi connectivity index (χ0n) is 11.3. The normalized spacial score (nSPS) is 11.9. The van der Waals surface area contributed by atoms with Gasteiger partial charge in [0.2, 0.25) is 0 Å². The zero-order chi connectivity index (χ0) is 15.2. The van der Waals surface area contributed by atoms with E-state index in [9.17, 15) is 10.1 Å². The van der Waals surface area contributed by atoms with Crippen molar-refractivity contribution in [3.05, 3.63) is 64.2 Å². The lowest BCUT2D eigenvalue weighted by Crippen LogP contribution is -2.26. The van der Waals surface area contributed by atoms with Crippen LogP contribution < -0.4 is 10.5 Å². The highest BCUT2D eigenvalue weighted by Gasteiger charge is 2.06. The van der Waals surface area contributed by atoms with E-state index in [1.54, 1.807) is 18.2 Å². The van der Waals surface area contributed by atoms with Crippen molar-refractivity contribution in [1.82, 2.24) is 0 Å². The fourth-order valence-electron chi connectivity index (χ4n) is 1.88. The first-order valence-corrected chi connectivity index (χ1v) is 6.46. The van der Waals surface area contributed by atoms with Crippen molar-refractivity contribution in [2.75, 3.05) is 6.61 Å². The number of benzene rings is 2. The third kappa shape index (κ3) is 4.27. The first-order chi connectivity index (χ1) is 10.1. The van der Waals surface area contributed by atoms with Crippen LogP contribution in [-0.2, 0) is 6.42 Å². The first kappa shape index (κ1) is 15.0. The molecule has 0 heterocycles. The summed E-state index contributed by atoms with van der Waals surface area (Å²) in [6, 6.07) is 12.9. The van der Waals surface area contributed by atoms with Crippen LogP contribution in [0.15, 0.2) is 48.5 Å². The number of nitrogens with two attached hydrogens (primary N) is 1. The molecule has 2 aromatic rings. The van der Waals surface area contributed by atoms with Gasteiger partial charge in [0.05, 0.1) is 11.5 Å². The molecule has 6 nitrogen and oxygen atoms in total. The summed E-state index contributed by atoms with van der Waals surface area (Å²) in [5.74, 6) is 1.13. The maximum Gasteiger partial charge on any atom is 0.269 e. The predicted molar refractivity (Wildman–Crippen MR) is 78.4 cm³/mol. The monoisotopic (exact) mass is 288 g/mol. The molecule has 0 spiro atoms. The van der Waals surface area contributed by atoms with Crippen LogP contribution >= 0.6 is 0 Å². The standard InChI is InChI=1S/C15H16N2O4/c16-12(10-18)8-11-2-1-3-15(9-11)21-14-6-4-13(5-7-14)17(19)20/h1-7,9,12,18H,8,10,16H2/t12-/m0/s1. The van der Waals surface area contributed by atoms with Crippen LogP contribution in [0.5, 0.6) is 11.5 Å². The van der Waals surface area contributed by atoms with Crippen molar-refractivity contribution in [1.29, 1.82) is 0 Å². The van der Waals surface area contributed by atoms with E-state index in [2.05, 4.69) is 0 Å². The van der Waals surface area contributed by atoms with E-state index in [-0.39, 0.29) is 18.3 Å². The van der Waals surface area contributed by atoms with Gasteiger partial charge in [0.25, 0.3) is 5.69 Å². The molecule has 0 amide bonds. The van der Waals surface area contributed by atoms with Crippen molar-refractivity contribution >= 4 is 5.69 Å². The Morgan fingerprint density at radius 2 is 1.90 bits per heavy atom. The summed E-state index contributed by atoms with van der Waals surface area (Å²) < 4.78 is 5.64. The number of nitro benzene ring substituents is 1. The van der Waals surface area contributed by atoms with Gasteiger partial charge in [0.1, 0.15) is 11.5 Å². The molecule has 0 unspecified atom stereocenters. The molecule has 110 valence electrons. The molecule has 2 rings (SSSR count). The van der Waals surface area contributed by atoms with E-state index in [1.165, 1.54) is 12.1 Å². The van der Waals surface area contributed by atoms with Crippen LogP contribution in [0.2, 0.25) is 0 Å². The van der Waals surface area contributed by atoms with Gasteiger partial charge in [-0.25, -0.2) is 0 Å². The Kier molecular flexibility index (Phi) is 4.86. The average Bonchev–Trinajstić information content (AvgIpc) is 2.48. The Morgan fingerprint density at radius 3 is 2.52 bits per heavy atom. The minimum Gasteiger partial charge on any atom is -0.457 e. The van der Waals surface area contributed by atoms with E-state index in [0.29, 0.717) is 17.9 Å². The summed E-state index contributed by atoms with van der Waals surface area (Å²) in [7, 11) is 0. The number of aliphatic hydroxyl groups excluding tert-OH is 1. The molecule has 0 aromatic heterocycles. The Hall–Kier alpha value is -2.44. The number of non-ortho nitro benzene ring substituents is 1. The second-order valence-corrected chi connectivity index (χ2v) is 4.65. The fraction of sp³-hybridized carbons (Fsp3) is 0.200. The Labute approximate surface area is 121 Å². The summed E-state index contributed by atoms with van der Waals surface area (Å²) >= 11 is 0. The van der Waals surface area contributed by atoms with Gasteiger partial charge < -0.3 is 15.6 Å². The highest BCUT2D eigenvalue weighted by atomic mass is 16.6. The SMILES string of the molecule is N[C@H](CO)Cc1cccc(Oc2ccc([N+](=O)[O-])cc2)c1. The van der Waals surface area contributed by atoms with E-state index in [0.717, 1.165) is 5.56 Å². The number of rotatable bonds is 6. The lowest BCUT2D eigenvalue weighted by molar-refractivity contribution is -0.384. The molecule has 3 N–H and O–H groups in total. The fourth-order valence-corrected chi connectivity index (χ4v) is 1.88. The van der Waals surface area contributed by atoms with Crippen molar-refractivity contribution in [2.24, 2.45) is 5.73 Å². The molecule has 0 fully saturated rings. The highest BCUT2D eigenvalue weighted by molar-refractivity contribution is 5.39. The van der Waals surface area contributed by atoms with Crippen LogP contribution in [0.3, 0.4) is 0 Å². The topological polar surface area (TPSA) is 98.6 Å². The first-order valence-electron chi connectivity index (χ1n) is 6.46. The van der Waals surface area contributed by atoms with Crippen LogP contribution in [0.25, 0.3) is 0 Å². The Bertz CT molecular complexity index is 613. The quantitative estimate of drug-likeness (QED) is 0.627. The van der Waals surface area contributed by atoms with Crippen molar-refractivity contribution in [3.63, 3.8) is 0 Å². The Balaban J connectivity index is 2.08. The molecule has 6 heteroatoms. The third-order valence-corrected chi connectivity index (χ3v) is 2.91. The van der Waals surface area contributed by atoms with Gasteiger partial charge in [0, 0.05) is 18.2 Å². The van der Waals surface area contributed by atoms with Gasteiger partial charge in [-0.2, -0.15) is 0 Å². The van der Waals surface area contributed by atoms with Crippen LogP contribution in [0.1, 0.15) is 5.56 Å². The van der Waals surface area contributed by atoms with Crippen LogP contribution in [0, 0.1) is 10.1 Å². The number of aliphatic hydroxyl groups is 1. The molecule has 21 heavy (non-hydrogen) atoms. The van der Waals surface area contributed by atoms with Gasteiger partial charge in [-0.15, -0.1) is 0 Å². The van der Waals surface area contributed by atoms with Gasteiger partial charge in [-0.1, -0.05) is 12.1 Å². The average molecular weight is 288 g/mol. The molecule has 0 saturated carbocycles. The molecule has 0 aliphatic rings. The maximum absolute atomic E-state index is 10.6. The van der Waals surface area contributed by atoms with Gasteiger partial charge in [0.15, 0.2) is 0 Å². The van der Waals surface area contributed by atoms with Crippen LogP contribution in [0.4, 0.5) is 5.69 Å². The summed E-state index contributed by atoms with van der Waals surface area (Å²) in [6.45, 7) is -0.0760. The summed E-state index contributed by atoms with van der Waals surface area (Å²) in [5, 5.41) is 19.5. The second-order valence-electron chi connectivity index (χ2n) is 4.65. The molecular formula is C15H16N2O4. The van der Waals surface area contributed by atoms with Crippen LogP contribution in [-0.4, -0.2) is 22.7 Å². The van der Waals surface area contributed by atoms with E-state index in [1.807, 2.05) is 18.2 Å². The molecule has 0 aliphatic heterocycles. The molecular weight excluding hydrogens is 272 g/mol. The summed E-state index contributed by atoms with van der Waals surface area (Å²) in [6.07, 6.45) is 0.550. The lowest BCUT2D eigenvalue weighted by Gasteiger charge is -2.10. The summed E-state index contributed by atoms with van der Waals surface area (Å²) in [4.78, 5) is 10.1. The van der Waals surface area contributed by atoms with Crippen molar-refractivity contribution in [3.8, 4) is 11.5 Å². The van der Waals surface area contributed by atoms with Crippen molar-refractivity contribution in [2.45, 2.75) is 12.5 Å². The molecule has 0 bridgehead atoms. The van der Waals surface area contributed by atoms with Gasteiger partial charge in [-0.3, -0.25) is 10.1 Å². The predicted octanol–water partition coefficient (Wildman–Crippen LogP) is 2.25. The number of hydrogen-bond donors (Lipinski definition) is 2. The zero-order valence-corrected chi connectivity index (χ0v) is 11.3. The third-order valence-electron chi connectivity index (χ3n) is 2.91. The minimum absolute atomic E-state index is 0.0185. The molecule has 2 aromatic carbocycles. The number of ether oxygens (including phenoxy) is 1. The van der Waals surface area contributed by atoms with Crippen molar-refractivity contribution < 1.29 is 14.8 Å². The number of nitro groups is 1. The molecule has 1 atom stereocenters. The molecule has 0 saturated heterocycles. The van der Waals surface area contributed by atoms with E-state index in [4.69, 9.17) is 15.6 Å². The largest absolute Gasteiger partial charge is 0.457 e. The minimum atomic E-state index is -0.458. The number of nitrogens with zero attached hydrogens (tertiary/aromatic N) is 1. The van der Waals surface area contributed by atoms with Gasteiger partial charge >= 0.3 is 0 Å². The lowest BCUT2D eigenvalue weighted by atomic mass is 10.1. The number of hydrogen-bond acceptors (Lipinski definition) is 5. The maximum atomic E-state index is 10.6. The summed E-state index contributed by atoms with van der Waals surface area (Å²) in [5.41, 5.74) is 6.67. The van der Waals surface area contributed by atoms with E-state index < -0.39 is 4.92 Å².